The van der Waals surface area contributed by atoms with Crippen molar-refractivity contribution in [3.05, 3.63) is 71.8 Å². The molecular weight excluding hydrogens is 372 g/mol. The molecule has 144 valence electrons. The van der Waals surface area contributed by atoms with Gasteiger partial charge in [0, 0.05) is 23.7 Å². The summed E-state index contributed by atoms with van der Waals surface area (Å²) in [6.07, 6.45) is 1.80. The molecule has 2 N–H and O–H groups in total. The van der Waals surface area contributed by atoms with Gasteiger partial charge in [-0.25, -0.2) is 0 Å². The Kier molecular flexibility index (Phi) is 4.92. The Balaban J connectivity index is 1.87. The first kappa shape index (κ1) is 18.3. The number of benzene rings is 1. The van der Waals surface area contributed by atoms with Crippen LogP contribution in [0.3, 0.4) is 0 Å². The average Bonchev–Trinajstić information content (AvgIpc) is 3.30. The Morgan fingerprint density at radius 1 is 1.07 bits per heavy atom. The lowest BCUT2D eigenvalue weighted by molar-refractivity contribution is 0.402. The summed E-state index contributed by atoms with van der Waals surface area (Å²) < 4.78 is 11.1. The largest absolute Gasteiger partial charge is 0.497 e. The molecule has 3 aromatic rings. The van der Waals surface area contributed by atoms with Crippen LogP contribution in [0.5, 0.6) is 11.5 Å². The van der Waals surface area contributed by atoms with E-state index in [1.807, 2.05) is 43.3 Å². The summed E-state index contributed by atoms with van der Waals surface area (Å²) in [6, 6.07) is 15.5. The molecule has 1 fully saturated rings. The van der Waals surface area contributed by atoms with Gasteiger partial charge in [-0.3, -0.25) is 4.98 Å². The van der Waals surface area contributed by atoms with Gasteiger partial charge in [0.25, 0.3) is 0 Å². The molecule has 2 aromatic heterocycles. The van der Waals surface area contributed by atoms with Crippen molar-refractivity contribution in [3.8, 4) is 11.5 Å². The van der Waals surface area contributed by atoms with Gasteiger partial charge in [0.1, 0.15) is 17.5 Å². The minimum absolute atomic E-state index is 0.109. The number of nitrogens with one attached hydrogen (secondary N) is 2. The fourth-order valence-electron chi connectivity index (χ4n) is 3.61. The van der Waals surface area contributed by atoms with Crippen LogP contribution in [0.4, 0.5) is 5.69 Å². The number of rotatable bonds is 5. The van der Waals surface area contributed by atoms with Gasteiger partial charge in [-0.05, 0) is 55.5 Å². The number of nitrogens with zero attached hydrogens (tertiary/aromatic N) is 2. The van der Waals surface area contributed by atoms with Gasteiger partial charge in [-0.15, -0.1) is 0 Å². The van der Waals surface area contributed by atoms with Gasteiger partial charge < -0.3 is 24.7 Å². The molecule has 0 amide bonds. The molecule has 4 rings (SSSR count). The zero-order chi connectivity index (χ0) is 19.7. The third-order valence-electron chi connectivity index (χ3n) is 4.92. The number of anilines is 1. The van der Waals surface area contributed by atoms with Crippen molar-refractivity contribution in [2.24, 2.45) is 0 Å². The number of ether oxygens (including phenoxy) is 2. The topological polar surface area (TPSA) is 62.4 Å². The van der Waals surface area contributed by atoms with E-state index >= 15 is 0 Å². The average molecular weight is 395 g/mol. The zero-order valence-corrected chi connectivity index (χ0v) is 16.8. The van der Waals surface area contributed by atoms with Crippen LogP contribution in [0.25, 0.3) is 0 Å². The maximum Gasteiger partial charge on any atom is 0.174 e. The fraction of sp³-hybridized carbons (Fsp3) is 0.238. The number of hydrogen-bond acceptors (Lipinski definition) is 4. The minimum atomic E-state index is -0.114. The van der Waals surface area contributed by atoms with Crippen molar-refractivity contribution in [1.29, 1.82) is 0 Å². The third kappa shape index (κ3) is 3.18. The van der Waals surface area contributed by atoms with Gasteiger partial charge in [0.15, 0.2) is 5.11 Å². The van der Waals surface area contributed by atoms with Crippen molar-refractivity contribution in [2.45, 2.75) is 19.0 Å². The SMILES string of the molecule is COc1ccc(OC)c(N2C(=S)N[C@@H](c3ccccn3)[C@@H]2c2ccc(C)[nH]2)c1. The summed E-state index contributed by atoms with van der Waals surface area (Å²) in [5.74, 6) is 1.46. The van der Waals surface area contributed by atoms with Crippen molar-refractivity contribution in [1.82, 2.24) is 15.3 Å². The summed E-state index contributed by atoms with van der Waals surface area (Å²) in [6.45, 7) is 2.04. The molecule has 1 aromatic carbocycles. The molecule has 0 radical (unpaired) electrons. The van der Waals surface area contributed by atoms with Gasteiger partial charge in [0.2, 0.25) is 0 Å². The second-order valence-corrected chi connectivity index (χ2v) is 7.02. The second-order valence-electron chi connectivity index (χ2n) is 6.63. The van der Waals surface area contributed by atoms with E-state index in [2.05, 4.69) is 32.3 Å². The molecule has 0 unspecified atom stereocenters. The fourth-order valence-corrected chi connectivity index (χ4v) is 3.95. The Morgan fingerprint density at radius 3 is 2.57 bits per heavy atom. The van der Waals surface area contributed by atoms with E-state index in [1.54, 1.807) is 20.4 Å². The number of pyridine rings is 1. The molecule has 0 spiro atoms. The molecule has 0 bridgehead atoms. The number of thiocarbonyl (C=S) groups is 1. The Morgan fingerprint density at radius 2 is 1.93 bits per heavy atom. The molecule has 2 atom stereocenters. The first-order valence-electron chi connectivity index (χ1n) is 9.00. The monoisotopic (exact) mass is 394 g/mol. The lowest BCUT2D eigenvalue weighted by atomic mass is 10.0. The number of methoxy groups -OCH3 is 2. The molecule has 0 aliphatic carbocycles. The molecule has 1 aliphatic rings. The lowest BCUT2D eigenvalue weighted by Gasteiger charge is -2.28. The predicted octanol–water partition coefficient (Wildman–Crippen LogP) is 3.91. The van der Waals surface area contributed by atoms with E-state index in [1.165, 1.54) is 0 Å². The molecular formula is C21H22N4O2S. The maximum atomic E-state index is 5.75. The Bertz CT molecular complexity index is 989. The van der Waals surface area contributed by atoms with E-state index in [0.29, 0.717) is 5.11 Å². The highest BCUT2D eigenvalue weighted by Gasteiger charge is 2.42. The van der Waals surface area contributed by atoms with Crippen LogP contribution >= 0.6 is 12.2 Å². The van der Waals surface area contributed by atoms with Gasteiger partial charge in [0.05, 0.1) is 31.6 Å². The molecule has 7 heteroatoms. The Hall–Kier alpha value is -3.06. The Labute approximate surface area is 169 Å². The summed E-state index contributed by atoms with van der Waals surface area (Å²) >= 11 is 5.75. The van der Waals surface area contributed by atoms with E-state index < -0.39 is 0 Å². The molecule has 3 heterocycles. The molecule has 6 nitrogen and oxygen atoms in total. The van der Waals surface area contributed by atoms with Crippen molar-refractivity contribution in [2.75, 3.05) is 19.1 Å². The van der Waals surface area contributed by atoms with Gasteiger partial charge in [-0.1, -0.05) is 6.07 Å². The summed E-state index contributed by atoms with van der Waals surface area (Å²) in [7, 11) is 3.30. The van der Waals surface area contributed by atoms with Crippen LogP contribution in [0.1, 0.15) is 29.2 Å². The second kappa shape index (κ2) is 7.52. The quantitative estimate of drug-likeness (QED) is 0.640. The van der Waals surface area contributed by atoms with Gasteiger partial charge >= 0.3 is 0 Å². The van der Waals surface area contributed by atoms with Crippen molar-refractivity contribution in [3.63, 3.8) is 0 Å². The highest BCUT2D eigenvalue weighted by atomic mass is 32.1. The molecule has 0 saturated carbocycles. The number of aromatic nitrogens is 2. The van der Waals surface area contributed by atoms with Crippen molar-refractivity contribution < 1.29 is 9.47 Å². The summed E-state index contributed by atoms with van der Waals surface area (Å²) in [5.41, 5.74) is 3.90. The number of H-pyrrole nitrogens is 1. The minimum Gasteiger partial charge on any atom is -0.497 e. The lowest BCUT2D eigenvalue weighted by Crippen LogP contribution is -2.30. The highest BCUT2D eigenvalue weighted by Crippen LogP contribution is 2.45. The molecule has 1 saturated heterocycles. The maximum absolute atomic E-state index is 5.75. The summed E-state index contributed by atoms with van der Waals surface area (Å²) in [4.78, 5) is 10.1. The van der Waals surface area contributed by atoms with Crippen LogP contribution in [0, 0.1) is 6.92 Å². The first-order chi connectivity index (χ1) is 13.6. The van der Waals surface area contributed by atoms with E-state index in [-0.39, 0.29) is 12.1 Å². The number of aryl methyl sites for hydroxylation is 1. The standard InChI is InChI=1S/C21H22N4O2S/c1-13-7-9-16(23-13)20-19(15-6-4-5-11-22-15)24-21(28)25(20)17-12-14(26-2)8-10-18(17)27-3/h4-12,19-20,23H,1-3H3,(H,24,28)/t19-,20-/m0/s1. The van der Waals surface area contributed by atoms with Crippen LogP contribution in [0.15, 0.2) is 54.7 Å². The molecule has 1 aliphatic heterocycles. The number of aromatic amines is 1. The zero-order valence-electron chi connectivity index (χ0n) is 16.0. The molecule has 28 heavy (non-hydrogen) atoms. The van der Waals surface area contributed by atoms with Gasteiger partial charge in [-0.2, -0.15) is 0 Å². The predicted molar refractivity (Wildman–Crippen MR) is 113 cm³/mol. The first-order valence-corrected chi connectivity index (χ1v) is 9.41. The van der Waals surface area contributed by atoms with E-state index in [9.17, 15) is 0 Å². The number of hydrogen-bond donors (Lipinski definition) is 2. The highest BCUT2D eigenvalue weighted by molar-refractivity contribution is 7.80. The third-order valence-corrected chi connectivity index (χ3v) is 5.23. The summed E-state index contributed by atoms with van der Waals surface area (Å²) in [5, 5.41) is 4.05. The van der Waals surface area contributed by atoms with Crippen LogP contribution in [0.2, 0.25) is 0 Å². The van der Waals surface area contributed by atoms with Crippen LogP contribution in [-0.2, 0) is 0 Å². The smallest absolute Gasteiger partial charge is 0.174 e. The van der Waals surface area contributed by atoms with Crippen molar-refractivity contribution >= 4 is 23.0 Å². The van der Waals surface area contributed by atoms with Crippen LogP contribution in [-0.4, -0.2) is 29.3 Å². The van der Waals surface area contributed by atoms with E-state index in [0.717, 1.165) is 34.3 Å². The van der Waals surface area contributed by atoms with E-state index in [4.69, 9.17) is 21.7 Å². The van der Waals surface area contributed by atoms with Crippen LogP contribution < -0.4 is 19.7 Å². The normalized spacial score (nSPS) is 18.8.